The van der Waals surface area contributed by atoms with Crippen molar-refractivity contribution in [2.24, 2.45) is 0 Å². The van der Waals surface area contributed by atoms with Crippen molar-refractivity contribution in [3.8, 4) is 0 Å². The van der Waals surface area contributed by atoms with E-state index < -0.39 is 30.0 Å². The summed E-state index contributed by atoms with van der Waals surface area (Å²) in [6, 6.07) is 0. The minimum atomic E-state index is -4.81. The van der Waals surface area contributed by atoms with Crippen LogP contribution in [0.1, 0.15) is 16.1 Å². The maximum absolute atomic E-state index is 12.3. The smallest absolute Gasteiger partial charge is 0.436 e. The highest BCUT2D eigenvalue weighted by Gasteiger charge is 2.39. The van der Waals surface area contributed by atoms with E-state index in [-0.39, 0.29) is 6.54 Å². The molecule has 0 saturated heterocycles. The van der Waals surface area contributed by atoms with Gasteiger partial charge in [-0.25, -0.2) is 4.79 Å². The molecule has 84 valence electrons. The van der Waals surface area contributed by atoms with E-state index in [1.165, 1.54) is 0 Å². The first kappa shape index (κ1) is 11.5. The lowest BCUT2D eigenvalue weighted by Crippen LogP contribution is -2.12. The quantitative estimate of drug-likeness (QED) is 0.787. The minimum Gasteiger partial charge on any atom is -0.478 e. The summed E-state index contributed by atoms with van der Waals surface area (Å²) in [6.07, 6.45) is -4.07. The van der Waals surface area contributed by atoms with Crippen molar-refractivity contribution in [3.05, 3.63) is 17.5 Å². The molecule has 0 unspecified atom stereocenters. The van der Waals surface area contributed by atoms with Crippen LogP contribution in [0.15, 0.2) is 6.20 Å². The Morgan fingerprint density at radius 3 is 2.47 bits per heavy atom. The molecule has 0 aliphatic carbocycles. The molecule has 1 aromatic heterocycles. The fourth-order valence-corrected chi connectivity index (χ4v) is 1.00. The SMILES string of the molecule is O=C(O)c1cn(CCO)nc1C(F)(F)F. The van der Waals surface area contributed by atoms with Gasteiger partial charge in [-0.15, -0.1) is 0 Å². The van der Waals surface area contributed by atoms with Gasteiger partial charge < -0.3 is 10.2 Å². The fourth-order valence-electron chi connectivity index (χ4n) is 1.00. The molecule has 1 aromatic rings. The Morgan fingerprint density at radius 1 is 1.53 bits per heavy atom. The van der Waals surface area contributed by atoms with E-state index in [1.54, 1.807) is 0 Å². The molecule has 0 atom stereocenters. The summed E-state index contributed by atoms with van der Waals surface area (Å²) < 4.78 is 37.5. The summed E-state index contributed by atoms with van der Waals surface area (Å²) in [5, 5.41) is 20.0. The number of halogens is 3. The van der Waals surface area contributed by atoms with Crippen LogP contribution < -0.4 is 0 Å². The number of carboxylic acids is 1. The monoisotopic (exact) mass is 224 g/mol. The number of carboxylic acid groups (broad SMARTS) is 1. The van der Waals surface area contributed by atoms with E-state index in [4.69, 9.17) is 10.2 Å². The molecule has 0 radical (unpaired) electrons. The normalized spacial score (nSPS) is 11.7. The first-order chi connectivity index (χ1) is 6.86. The Morgan fingerprint density at radius 2 is 2.13 bits per heavy atom. The molecule has 0 fully saturated rings. The number of aromatic nitrogens is 2. The highest BCUT2D eigenvalue weighted by atomic mass is 19.4. The lowest BCUT2D eigenvalue weighted by Gasteiger charge is -2.02. The second-order valence-corrected chi connectivity index (χ2v) is 2.68. The molecule has 0 bridgehead atoms. The van der Waals surface area contributed by atoms with E-state index in [2.05, 4.69) is 5.10 Å². The maximum Gasteiger partial charge on any atom is 0.436 e. The predicted molar refractivity (Wildman–Crippen MR) is 41.3 cm³/mol. The Hall–Kier alpha value is -1.57. The predicted octanol–water partition coefficient (Wildman–Crippen LogP) is 0.592. The Bertz CT molecular complexity index is 372. The van der Waals surface area contributed by atoms with E-state index in [9.17, 15) is 18.0 Å². The van der Waals surface area contributed by atoms with E-state index in [1.807, 2.05) is 0 Å². The molecule has 0 spiro atoms. The van der Waals surface area contributed by atoms with Gasteiger partial charge in [0.25, 0.3) is 0 Å². The van der Waals surface area contributed by atoms with Crippen molar-refractivity contribution in [1.82, 2.24) is 9.78 Å². The number of aromatic carboxylic acids is 1. The molecule has 0 aromatic carbocycles. The molecule has 0 saturated carbocycles. The maximum atomic E-state index is 12.3. The van der Waals surface area contributed by atoms with Gasteiger partial charge in [-0.05, 0) is 0 Å². The standard InChI is InChI=1S/C7H7F3N2O3/c8-7(9,10)5-4(6(14)15)3-12(11-5)1-2-13/h3,13H,1-2H2,(H,14,15). The van der Waals surface area contributed by atoms with Gasteiger partial charge in [-0.1, -0.05) is 0 Å². The number of hydrogen-bond acceptors (Lipinski definition) is 3. The van der Waals surface area contributed by atoms with Crippen LogP contribution in [0, 0.1) is 0 Å². The van der Waals surface area contributed by atoms with Gasteiger partial charge in [0.2, 0.25) is 0 Å². The van der Waals surface area contributed by atoms with Crippen molar-refractivity contribution in [3.63, 3.8) is 0 Å². The van der Waals surface area contributed by atoms with Crippen LogP contribution in [-0.4, -0.2) is 32.6 Å². The molecule has 0 aliphatic rings. The number of aliphatic hydroxyl groups is 1. The molecule has 15 heavy (non-hydrogen) atoms. The molecule has 0 aliphatic heterocycles. The van der Waals surface area contributed by atoms with Crippen LogP contribution >= 0.6 is 0 Å². The van der Waals surface area contributed by atoms with Gasteiger partial charge in [-0.3, -0.25) is 4.68 Å². The highest BCUT2D eigenvalue weighted by molar-refractivity contribution is 5.88. The summed E-state index contributed by atoms with van der Waals surface area (Å²) in [6.45, 7) is -0.603. The highest BCUT2D eigenvalue weighted by Crippen LogP contribution is 2.30. The Balaban J connectivity index is 3.18. The molecular weight excluding hydrogens is 217 g/mol. The average molecular weight is 224 g/mol. The van der Waals surface area contributed by atoms with Crippen LogP contribution in [-0.2, 0) is 12.7 Å². The first-order valence-electron chi connectivity index (χ1n) is 3.85. The third kappa shape index (κ3) is 2.46. The van der Waals surface area contributed by atoms with E-state index in [0.29, 0.717) is 0 Å². The molecule has 1 rings (SSSR count). The van der Waals surface area contributed by atoms with E-state index >= 15 is 0 Å². The lowest BCUT2D eigenvalue weighted by atomic mass is 10.2. The summed E-state index contributed by atoms with van der Waals surface area (Å²) in [5.74, 6) is -1.70. The Labute approximate surface area is 81.7 Å². The molecule has 0 amide bonds. The number of hydrogen-bond donors (Lipinski definition) is 2. The third-order valence-corrected chi connectivity index (χ3v) is 1.59. The van der Waals surface area contributed by atoms with Gasteiger partial charge in [0.15, 0.2) is 5.69 Å². The zero-order valence-corrected chi connectivity index (χ0v) is 7.32. The lowest BCUT2D eigenvalue weighted by molar-refractivity contribution is -0.142. The molecular formula is C7H7F3N2O3. The number of aliphatic hydroxyl groups excluding tert-OH is 1. The number of nitrogens with zero attached hydrogens (tertiary/aromatic N) is 2. The average Bonchev–Trinajstić information content (AvgIpc) is 2.48. The van der Waals surface area contributed by atoms with Crippen LogP contribution in [0.25, 0.3) is 0 Å². The van der Waals surface area contributed by atoms with E-state index in [0.717, 1.165) is 10.9 Å². The molecule has 1 heterocycles. The summed E-state index contributed by atoms with van der Waals surface area (Å²) in [7, 11) is 0. The van der Waals surface area contributed by atoms with Crippen LogP contribution in [0.5, 0.6) is 0 Å². The Kier molecular flexibility index (Phi) is 2.98. The number of alkyl halides is 3. The topological polar surface area (TPSA) is 75.3 Å². The van der Waals surface area contributed by atoms with Crippen LogP contribution in [0.3, 0.4) is 0 Å². The molecule has 5 nitrogen and oxygen atoms in total. The number of carbonyl (C=O) groups is 1. The summed E-state index contributed by atoms with van der Waals surface area (Å²) in [4.78, 5) is 10.5. The minimum absolute atomic E-state index is 0.184. The van der Waals surface area contributed by atoms with Crippen molar-refractivity contribution in [2.45, 2.75) is 12.7 Å². The van der Waals surface area contributed by atoms with Crippen LogP contribution in [0.4, 0.5) is 13.2 Å². The summed E-state index contributed by atoms with van der Waals surface area (Å²) >= 11 is 0. The number of rotatable bonds is 3. The fraction of sp³-hybridized carbons (Fsp3) is 0.429. The van der Waals surface area contributed by atoms with Gasteiger partial charge in [0.05, 0.1) is 13.2 Å². The summed E-state index contributed by atoms with van der Waals surface area (Å²) in [5.41, 5.74) is -2.38. The molecule has 8 heteroatoms. The third-order valence-electron chi connectivity index (χ3n) is 1.59. The van der Waals surface area contributed by atoms with Gasteiger partial charge in [-0.2, -0.15) is 18.3 Å². The van der Waals surface area contributed by atoms with Gasteiger partial charge in [0, 0.05) is 6.20 Å². The van der Waals surface area contributed by atoms with Gasteiger partial charge in [0.1, 0.15) is 5.56 Å². The first-order valence-corrected chi connectivity index (χ1v) is 3.85. The zero-order valence-electron chi connectivity index (χ0n) is 7.32. The second-order valence-electron chi connectivity index (χ2n) is 2.68. The largest absolute Gasteiger partial charge is 0.478 e. The van der Waals surface area contributed by atoms with Gasteiger partial charge >= 0.3 is 12.1 Å². The van der Waals surface area contributed by atoms with Crippen molar-refractivity contribution in [1.29, 1.82) is 0 Å². The van der Waals surface area contributed by atoms with Crippen molar-refractivity contribution >= 4 is 5.97 Å². The zero-order chi connectivity index (χ0) is 11.6. The van der Waals surface area contributed by atoms with Crippen molar-refractivity contribution in [2.75, 3.05) is 6.61 Å². The second kappa shape index (κ2) is 3.89. The molecule has 2 N–H and O–H groups in total. The van der Waals surface area contributed by atoms with Crippen LogP contribution in [0.2, 0.25) is 0 Å². The van der Waals surface area contributed by atoms with Crippen molar-refractivity contribution < 1.29 is 28.2 Å².